The maximum atomic E-state index is 12.1. The number of Topliss-reactive ketones (excluding diaryl/α,β-unsaturated/α-hetero) is 1. The van der Waals surface area contributed by atoms with Crippen molar-refractivity contribution in [3.63, 3.8) is 0 Å². The molecule has 3 rings (SSSR count). The van der Waals surface area contributed by atoms with Crippen LogP contribution in [0, 0.1) is 12.3 Å². The average Bonchev–Trinajstić information content (AvgIpc) is 3.16. The lowest BCUT2D eigenvalue weighted by molar-refractivity contribution is -0.122. The highest BCUT2D eigenvalue weighted by Gasteiger charge is 2.34. The van der Waals surface area contributed by atoms with Crippen molar-refractivity contribution in [3.05, 3.63) is 52.6 Å². The molecule has 1 aliphatic heterocycles. The van der Waals surface area contributed by atoms with Crippen LogP contribution in [0.3, 0.4) is 0 Å². The number of nitrogens with zero attached hydrogens (tertiary/aromatic N) is 1. The smallest absolute Gasteiger partial charge is 0.294 e. The van der Waals surface area contributed by atoms with Crippen LogP contribution in [0.4, 0.5) is 4.79 Å². The molecule has 0 atom stereocenters. The van der Waals surface area contributed by atoms with E-state index in [0.29, 0.717) is 17.1 Å². The van der Waals surface area contributed by atoms with Crippen molar-refractivity contribution in [2.75, 3.05) is 6.54 Å². The second kappa shape index (κ2) is 6.83. The lowest BCUT2D eigenvalue weighted by atomic mass is 10.1. The number of imide groups is 1. The molecular formula is C19H13NO4S. The Kier molecular flexibility index (Phi) is 4.59. The van der Waals surface area contributed by atoms with Crippen LogP contribution in [-0.4, -0.2) is 28.4 Å². The number of carbonyl (C=O) groups excluding carboxylic acids is 3. The topological polar surface area (TPSA) is 67.6 Å². The van der Waals surface area contributed by atoms with Crippen LogP contribution < -0.4 is 0 Å². The second-order valence-electron chi connectivity index (χ2n) is 5.31. The first-order valence-electron chi connectivity index (χ1n) is 7.39. The van der Waals surface area contributed by atoms with E-state index in [1.807, 2.05) is 0 Å². The fraction of sp³-hybridized carbons (Fsp3) is 0.105. The number of furan rings is 1. The fourth-order valence-electron chi connectivity index (χ4n) is 2.31. The van der Waals surface area contributed by atoms with E-state index in [2.05, 4.69) is 5.92 Å². The first-order chi connectivity index (χ1) is 12.0. The molecule has 2 amide bonds. The molecule has 0 N–H and O–H groups in total. The molecule has 1 aromatic heterocycles. The summed E-state index contributed by atoms with van der Waals surface area (Å²) in [6, 6.07) is 10.5. The van der Waals surface area contributed by atoms with Gasteiger partial charge in [-0.05, 0) is 30.8 Å². The van der Waals surface area contributed by atoms with Crippen LogP contribution in [0.1, 0.15) is 23.0 Å². The quantitative estimate of drug-likeness (QED) is 0.476. The standard InChI is InChI=1S/C19H13NO4S/c1-3-10-20-18(22)17(25-19(20)23)11-15-8-9-16(24-15)14-6-4-13(5-7-14)12(2)21/h1,4-9,11H,10H2,2H3/b17-11+. The molecule has 2 heterocycles. The highest BCUT2D eigenvalue weighted by Crippen LogP contribution is 2.33. The number of carbonyl (C=O) groups is 3. The van der Waals surface area contributed by atoms with Crippen molar-refractivity contribution in [1.29, 1.82) is 0 Å². The Morgan fingerprint density at radius 1 is 1.24 bits per heavy atom. The molecule has 0 unspecified atom stereocenters. The summed E-state index contributed by atoms with van der Waals surface area (Å²) in [5.41, 5.74) is 1.43. The Bertz CT molecular complexity index is 931. The van der Waals surface area contributed by atoms with Crippen LogP contribution >= 0.6 is 11.8 Å². The molecule has 0 radical (unpaired) electrons. The monoisotopic (exact) mass is 351 g/mol. The molecule has 5 nitrogen and oxygen atoms in total. The Morgan fingerprint density at radius 3 is 2.60 bits per heavy atom. The van der Waals surface area contributed by atoms with Crippen LogP contribution in [-0.2, 0) is 4.79 Å². The molecule has 25 heavy (non-hydrogen) atoms. The maximum absolute atomic E-state index is 12.1. The number of hydrogen-bond acceptors (Lipinski definition) is 5. The molecule has 1 saturated heterocycles. The van der Waals surface area contributed by atoms with Gasteiger partial charge in [0.25, 0.3) is 11.1 Å². The van der Waals surface area contributed by atoms with E-state index < -0.39 is 5.91 Å². The largest absolute Gasteiger partial charge is 0.457 e. The zero-order valence-corrected chi connectivity index (χ0v) is 14.1. The number of hydrogen-bond donors (Lipinski definition) is 0. The lowest BCUT2D eigenvalue weighted by Gasteiger charge is -2.06. The average molecular weight is 351 g/mol. The van der Waals surface area contributed by atoms with Gasteiger partial charge < -0.3 is 4.42 Å². The first kappa shape index (κ1) is 16.8. The van der Waals surface area contributed by atoms with Gasteiger partial charge in [0, 0.05) is 17.2 Å². The predicted molar refractivity (Wildman–Crippen MR) is 95.7 cm³/mol. The van der Waals surface area contributed by atoms with Crippen molar-refractivity contribution < 1.29 is 18.8 Å². The molecule has 0 saturated carbocycles. The van der Waals surface area contributed by atoms with E-state index >= 15 is 0 Å². The Hall–Kier alpha value is -3.04. The Labute approximate surface area is 148 Å². The van der Waals surface area contributed by atoms with Gasteiger partial charge >= 0.3 is 0 Å². The summed E-state index contributed by atoms with van der Waals surface area (Å²) in [5.74, 6) is 2.92. The van der Waals surface area contributed by atoms with Gasteiger partial charge in [0.1, 0.15) is 11.5 Å². The summed E-state index contributed by atoms with van der Waals surface area (Å²) >= 11 is 0.832. The first-order valence-corrected chi connectivity index (χ1v) is 8.21. The number of thioether (sulfide) groups is 1. The van der Waals surface area contributed by atoms with Gasteiger partial charge in [-0.2, -0.15) is 0 Å². The van der Waals surface area contributed by atoms with Crippen LogP contribution in [0.25, 0.3) is 17.4 Å². The van der Waals surface area contributed by atoms with Gasteiger partial charge in [0.15, 0.2) is 5.78 Å². The molecule has 0 aliphatic carbocycles. The van der Waals surface area contributed by atoms with E-state index in [4.69, 9.17) is 10.8 Å². The number of terminal acetylenes is 1. The van der Waals surface area contributed by atoms with Crippen LogP contribution in [0.2, 0.25) is 0 Å². The van der Waals surface area contributed by atoms with Gasteiger partial charge in [-0.1, -0.05) is 30.2 Å². The summed E-state index contributed by atoms with van der Waals surface area (Å²) in [7, 11) is 0. The van der Waals surface area contributed by atoms with Crippen molar-refractivity contribution in [1.82, 2.24) is 4.90 Å². The SMILES string of the molecule is C#CCN1C(=O)S/C(=C/c2ccc(-c3ccc(C(C)=O)cc3)o2)C1=O. The Balaban J connectivity index is 1.82. The van der Waals surface area contributed by atoms with E-state index in [0.717, 1.165) is 22.2 Å². The van der Waals surface area contributed by atoms with Gasteiger partial charge in [-0.3, -0.25) is 19.3 Å². The number of rotatable bonds is 4. The summed E-state index contributed by atoms with van der Waals surface area (Å²) < 4.78 is 5.71. The van der Waals surface area contributed by atoms with Gasteiger partial charge in [-0.15, -0.1) is 6.42 Å². The highest BCUT2D eigenvalue weighted by molar-refractivity contribution is 8.18. The molecule has 1 fully saturated rings. The minimum absolute atomic E-state index is 0.00521. The molecule has 6 heteroatoms. The zero-order chi connectivity index (χ0) is 18.0. The number of amides is 2. The normalized spacial score (nSPS) is 15.7. The molecule has 2 aromatic rings. The summed E-state index contributed by atoms with van der Waals surface area (Å²) in [6.45, 7) is 1.46. The predicted octanol–water partition coefficient (Wildman–Crippen LogP) is 3.82. The second-order valence-corrected chi connectivity index (χ2v) is 6.30. The lowest BCUT2D eigenvalue weighted by Crippen LogP contribution is -2.28. The molecule has 0 spiro atoms. The van der Waals surface area contributed by atoms with E-state index in [-0.39, 0.29) is 22.5 Å². The van der Waals surface area contributed by atoms with Crippen LogP contribution in [0.15, 0.2) is 45.7 Å². The van der Waals surface area contributed by atoms with E-state index in [9.17, 15) is 14.4 Å². The summed E-state index contributed by atoms with van der Waals surface area (Å²) in [5, 5.41) is -0.388. The Morgan fingerprint density at radius 2 is 1.96 bits per heavy atom. The fourth-order valence-corrected chi connectivity index (χ4v) is 3.13. The number of benzene rings is 1. The zero-order valence-electron chi connectivity index (χ0n) is 13.3. The molecule has 124 valence electrons. The van der Waals surface area contributed by atoms with Gasteiger partial charge in [-0.25, -0.2) is 0 Å². The molecule has 1 aliphatic rings. The van der Waals surface area contributed by atoms with Crippen LogP contribution in [0.5, 0.6) is 0 Å². The van der Waals surface area contributed by atoms with Gasteiger partial charge in [0.05, 0.1) is 11.4 Å². The third-order valence-electron chi connectivity index (χ3n) is 3.60. The van der Waals surface area contributed by atoms with E-state index in [1.54, 1.807) is 36.4 Å². The van der Waals surface area contributed by atoms with Crippen molar-refractivity contribution >= 4 is 34.8 Å². The number of ketones is 1. The third-order valence-corrected chi connectivity index (χ3v) is 4.51. The van der Waals surface area contributed by atoms with Crippen molar-refractivity contribution in [3.8, 4) is 23.7 Å². The minimum atomic E-state index is -0.420. The van der Waals surface area contributed by atoms with Crippen molar-refractivity contribution in [2.45, 2.75) is 6.92 Å². The van der Waals surface area contributed by atoms with E-state index in [1.165, 1.54) is 13.0 Å². The van der Waals surface area contributed by atoms with Gasteiger partial charge in [0.2, 0.25) is 0 Å². The van der Waals surface area contributed by atoms with Crippen molar-refractivity contribution in [2.24, 2.45) is 0 Å². The summed E-state index contributed by atoms with van der Waals surface area (Å²) in [6.07, 6.45) is 6.69. The third kappa shape index (κ3) is 3.42. The minimum Gasteiger partial charge on any atom is -0.457 e. The molecule has 0 bridgehead atoms. The summed E-state index contributed by atoms with van der Waals surface area (Å²) in [4.78, 5) is 36.5. The molecular weight excluding hydrogens is 338 g/mol. The molecule has 1 aromatic carbocycles. The highest BCUT2D eigenvalue weighted by atomic mass is 32.2. The maximum Gasteiger partial charge on any atom is 0.294 e.